The van der Waals surface area contributed by atoms with Gasteiger partial charge in [0.2, 0.25) is 0 Å². The topological polar surface area (TPSA) is 45.1 Å². The van der Waals surface area contributed by atoms with Crippen LogP contribution in [0.1, 0.15) is 31.5 Å². The van der Waals surface area contributed by atoms with Crippen molar-refractivity contribution in [3.63, 3.8) is 0 Å². The summed E-state index contributed by atoms with van der Waals surface area (Å²) in [6.07, 6.45) is 2.54. The first-order valence-corrected chi connectivity index (χ1v) is 5.94. The second-order valence-electron chi connectivity index (χ2n) is 4.35. The van der Waals surface area contributed by atoms with Crippen molar-refractivity contribution < 1.29 is 5.11 Å². The van der Waals surface area contributed by atoms with Gasteiger partial charge in [-0.2, -0.15) is 0 Å². The van der Waals surface area contributed by atoms with Gasteiger partial charge in [0.1, 0.15) is 0 Å². The van der Waals surface area contributed by atoms with E-state index in [1.54, 1.807) is 6.20 Å². The van der Waals surface area contributed by atoms with Gasteiger partial charge in [0.25, 0.3) is 0 Å². The third-order valence-corrected chi connectivity index (χ3v) is 3.06. The number of rotatable bonds is 6. The van der Waals surface area contributed by atoms with Crippen LogP contribution in [0.5, 0.6) is 0 Å². The van der Waals surface area contributed by atoms with E-state index in [0.717, 1.165) is 18.7 Å². The smallest absolute Gasteiger partial charge is 0.0690 e. The van der Waals surface area contributed by atoms with Crippen LogP contribution in [0.25, 0.3) is 0 Å². The molecule has 2 atom stereocenters. The Hall–Kier alpha value is -0.930. The van der Waals surface area contributed by atoms with Crippen molar-refractivity contribution in [3.05, 3.63) is 29.6 Å². The van der Waals surface area contributed by atoms with E-state index in [-0.39, 0.29) is 6.10 Å². The second-order valence-corrected chi connectivity index (χ2v) is 4.35. The van der Waals surface area contributed by atoms with Gasteiger partial charge in [-0.25, -0.2) is 0 Å². The van der Waals surface area contributed by atoms with Gasteiger partial charge in [0.15, 0.2) is 0 Å². The quantitative estimate of drug-likeness (QED) is 0.772. The molecule has 16 heavy (non-hydrogen) atoms. The van der Waals surface area contributed by atoms with Gasteiger partial charge in [-0.1, -0.05) is 26.3 Å². The number of nitrogens with zero attached hydrogens (tertiary/aromatic N) is 1. The van der Waals surface area contributed by atoms with E-state index in [0.29, 0.717) is 12.5 Å². The lowest BCUT2D eigenvalue weighted by molar-refractivity contribution is 0.112. The number of hydrogen-bond acceptors (Lipinski definition) is 3. The van der Waals surface area contributed by atoms with Crippen molar-refractivity contribution in [3.8, 4) is 0 Å². The average molecular weight is 222 g/mol. The standard InChI is InChI=1S/C13H22N2O/c1-4-10(2)13(16)9-14-8-12-11(3)6-5-7-15-12/h5-7,10,13-14,16H,4,8-9H2,1-3H3. The summed E-state index contributed by atoms with van der Waals surface area (Å²) in [5, 5.41) is 13.0. The SMILES string of the molecule is CCC(C)C(O)CNCc1ncccc1C. The fourth-order valence-corrected chi connectivity index (χ4v) is 1.52. The van der Waals surface area contributed by atoms with Crippen molar-refractivity contribution >= 4 is 0 Å². The van der Waals surface area contributed by atoms with Crippen molar-refractivity contribution in [1.82, 2.24) is 10.3 Å². The van der Waals surface area contributed by atoms with Crippen LogP contribution in [0, 0.1) is 12.8 Å². The largest absolute Gasteiger partial charge is 0.392 e. The van der Waals surface area contributed by atoms with Crippen molar-refractivity contribution in [2.24, 2.45) is 5.92 Å². The molecule has 0 amide bonds. The Morgan fingerprint density at radius 3 is 2.88 bits per heavy atom. The summed E-state index contributed by atoms with van der Waals surface area (Å²) in [6.45, 7) is 7.56. The van der Waals surface area contributed by atoms with Crippen LogP contribution >= 0.6 is 0 Å². The van der Waals surface area contributed by atoms with E-state index in [1.807, 2.05) is 6.07 Å². The van der Waals surface area contributed by atoms with Crippen molar-refractivity contribution in [2.45, 2.75) is 39.8 Å². The molecule has 1 aromatic rings. The van der Waals surface area contributed by atoms with Gasteiger partial charge in [-0.3, -0.25) is 4.98 Å². The number of aliphatic hydroxyl groups excluding tert-OH is 1. The van der Waals surface area contributed by atoms with Gasteiger partial charge in [0, 0.05) is 19.3 Å². The molecule has 3 heteroatoms. The monoisotopic (exact) mass is 222 g/mol. The first-order chi connectivity index (χ1) is 7.65. The lowest BCUT2D eigenvalue weighted by atomic mass is 10.0. The van der Waals surface area contributed by atoms with E-state index in [4.69, 9.17) is 0 Å². The number of pyridine rings is 1. The summed E-state index contributed by atoms with van der Waals surface area (Å²) in [6, 6.07) is 3.99. The molecule has 0 radical (unpaired) electrons. The van der Waals surface area contributed by atoms with Crippen LogP contribution < -0.4 is 5.32 Å². The molecule has 1 aromatic heterocycles. The zero-order chi connectivity index (χ0) is 12.0. The van der Waals surface area contributed by atoms with E-state index in [9.17, 15) is 5.11 Å². The Morgan fingerprint density at radius 1 is 1.50 bits per heavy atom. The minimum absolute atomic E-state index is 0.269. The van der Waals surface area contributed by atoms with E-state index >= 15 is 0 Å². The van der Waals surface area contributed by atoms with Gasteiger partial charge in [-0.05, 0) is 24.5 Å². The maximum Gasteiger partial charge on any atom is 0.0690 e. The van der Waals surface area contributed by atoms with E-state index in [1.165, 1.54) is 5.56 Å². The lowest BCUT2D eigenvalue weighted by Crippen LogP contribution is -2.31. The van der Waals surface area contributed by atoms with Crippen LogP contribution in [-0.4, -0.2) is 22.7 Å². The lowest BCUT2D eigenvalue weighted by Gasteiger charge is -2.17. The molecule has 0 aliphatic heterocycles. The Morgan fingerprint density at radius 2 is 2.25 bits per heavy atom. The molecule has 0 bridgehead atoms. The zero-order valence-electron chi connectivity index (χ0n) is 10.4. The first-order valence-electron chi connectivity index (χ1n) is 5.94. The molecule has 1 rings (SSSR count). The molecule has 1 heterocycles. The highest BCUT2D eigenvalue weighted by atomic mass is 16.3. The van der Waals surface area contributed by atoms with Gasteiger partial charge < -0.3 is 10.4 Å². The highest BCUT2D eigenvalue weighted by Crippen LogP contribution is 2.07. The summed E-state index contributed by atoms with van der Waals surface area (Å²) in [7, 11) is 0. The van der Waals surface area contributed by atoms with Crippen molar-refractivity contribution in [1.29, 1.82) is 0 Å². The third kappa shape index (κ3) is 3.91. The number of nitrogens with one attached hydrogen (secondary N) is 1. The molecule has 0 aliphatic carbocycles. The second kappa shape index (κ2) is 6.61. The zero-order valence-corrected chi connectivity index (χ0v) is 10.4. The fraction of sp³-hybridized carbons (Fsp3) is 0.615. The Balaban J connectivity index is 2.33. The summed E-state index contributed by atoms with van der Waals surface area (Å²) >= 11 is 0. The summed E-state index contributed by atoms with van der Waals surface area (Å²) < 4.78 is 0. The molecule has 3 nitrogen and oxygen atoms in total. The molecule has 0 aromatic carbocycles. The minimum atomic E-state index is -0.269. The number of aliphatic hydroxyl groups is 1. The molecule has 2 unspecified atom stereocenters. The summed E-state index contributed by atoms with van der Waals surface area (Å²) in [4.78, 5) is 4.30. The maximum absolute atomic E-state index is 9.78. The molecular formula is C13H22N2O. The minimum Gasteiger partial charge on any atom is -0.392 e. The number of hydrogen-bond donors (Lipinski definition) is 2. The van der Waals surface area contributed by atoms with Crippen LogP contribution in [0.3, 0.4) is 0 Å². The first kappa shape index (κ1) is 13.1. The molecule has 0 aliphatic rings. The normalized spacial score (nSPS) is 14.8. The van der Waals surface area contributed by atoms with Gasteiger partial charge in [-0.15, -0.1) is 0 Å². The maximum atomic E-state index is 9.78. The highest BCUT2D eigenvalue weighted by Gasteiger charge is 2.11. The predicted molar refractivity (Wildman–Crippen MR) is 66.1 cm³/mol. The number of aryl methyl sites for hydroxylation is 1. The van der Waals surface area contributed by atoms with Gasteiger partial charge >= 0.3 is 0 Å². The fourth-order valence-electron chi connectivity index (χ4n) is 1.52. The molecular weight excluding hydrogens is 200 g/mol. The molecule has 0 fully saturated rings. The summed E-state index contributed by atoms with van der Waals surface area (Å²) in [5.74, 6) is 0.345. The van der Waals surface area contributed by atoms with Crippen LogP contribution in [0.15, 0.2) is 18.3 Å². The molecule has 0 spiro atoms. The van der Waals surface area contributed by atoms with Crippen LogP contribution in [0.2, 0.25) is 0 Å². The molecule has 90 valence electrons. The molecule has 0 saturated carbocycles. The predicted octanol–water partition coefficient (Wildman–Crippen LogP) is 1.89. The van der Waals surface area contributed by atoms with Crippen LogP contribution in [0.4, 0.5) is 0 Å². The Bertz CT molecular complexity index is 315. The van der Waals surface area contributed by atoms with Gasteiger partial charge in [0.05, 0.1) is 11.8 Å². The number of aromatic nitrogens is 1. The van der Waals surface area contributed by atoms with Crippen LogP contribution in [-0.2, 0) is 6.54 Å². The van der Waals surface area contributed by atoms with E-state index < -0.39 is 0 Å². The highest BCUT2D eigenvalue weighted by molar-refractivity contribution is 5.17. The third-order valence-electron chi connectivity index (χ3n) is 3.06. The Kier molecular flexibility index (Phi) is 5.43. The molecule has 0 saturated heterocycles. The Labute approximate surface area is 97.9 Å². The van der Waals surface area contributed by atoms with E-state index in [2.05, 4.69) is 37.1 Å². The molecule has 2 N–H and O–H groups in total. The summed E-state index contributed by atoms with van der Waals surface area (Å²) in [5.41, 5.74) is 2.24. The van der Waals surface area contributed by atoms with Crippen molar-refractivity contribution in [2.75, 3.05) is 6.54 Å². The average Bonchev–Trinajstić information content (AvgIpc) is 2.30.